The number of nitrogens with zero attached hydrogens (tertiary/aromatic N) is 3. The van der Waals surface area contributed by atoms with E-state index in [-0.39, 0.29) is 0 Å². The fraction of sp³-hybridized carbons (Fsp3) is 0.0667. The van der Waals surface area contributed by atoms with Gasteiger partial charge < -0.3 is 4.57 Å². The van der Waals surface area contributed by atoms with Gasteiger partial charge in [0.25, 0.3) is 0 Å². The molecule has 0 radical (unpaired) electrons. The van der Waals surface area contributed by atoms with Crippen molar-refractivity contribution in [1.82, 2.24) is 14.5 Å². The molecule has 0 amide bonds. The van der Waals surface area contributed by atoms with Crippen LogP contribution in [-0.2, 0) is 16.6 Å². The van der Waals surface area contributed by atoms with Crippen LogP contribution in [0.15, 0.2) is 47.8 Å². The molecule has 2 aromatic heterocycles. The number of benzene rings is 1. The van der Waals surface area contributed by atoms with Crippen LogP contribution in [0.3, 0.4) is 0 Å². The summed E-state index contributed by atoms with van der Waals surface area (Å²) in [5.74, 6) is -0.877. The number of fused-ring (bicyclic) bond motifs is 1. The number of sulfonamides is 1. The van der Waals surface area contributed by atoms with Crippen LogP contribution < -0.4 is 5.14 Å². The minimum atomic E-state index is -4.10. The monoisotopic (exact) mass is 366 g/mol. The molecule has 0 aliphatic carbocycles. The van der Waals surface area contributed by atoms with Gasteiger partial charge in [0, 0.05) is 12.7 Å². The number of nitrogens with two attached hydrogens (primary N) is 1. The summed E-state index contributed by atoms with van der Waals surface area (Å²) < 4.78 is 38.0. The molecule has 0 aliphatic rings. The van der Waals surface area contributed by atoms with E-state index in [2.05, 4.69) is 9.97 Å². The van der Waals surface area contributed by atoms with Crippen molar-refractivity contribution in [1.29, 1.82) is 0 Å². The lowest BCUT2D eigenvalue weighted by Gasteiger charge is -2.03. The van der Waals surface area contributed by atoms with E-state index in [0.717, 1.165) is 11.5 Å². The van der Waals surface area contributed by atoms with Gasteiger partial charge in [-0.1, -0.05) is 29.8 Å². The lowest BCUT2D eigenvalue weighted by molar-refractivity contribution is 0.568. The summed E-state index contributed by atoms with van der Waals surface area (Å²) >= 11 is 5.99. The van der Waals surface area contributed by atoms with Crippen molar-refractivity contribution in [2.75, 3.05) is 0 Å². The predicted octanol–water partition coefficient (Wildman–Crippen LogP) is 2.58. The van der Waals surface area contributed by atoms with Gasteiger partial charge in [-0.2, -0.15) is 0 Å². The molecule has 0 atom stereocenters. The normalized spacial score (nSPS) is 12.3. The Morgan fingerprint density at radius 1 is 1.29 bits per heavy atom. The molecule has 0 unspecified atom stereocenters. The van der Waals surface area contributed by atoms with Crippen LogP contribution in [0, 0.1) is 5.82 Å². The molecule has 0 spiro atoms. The Morgan fingerprint density at radius 2 is 2.08 bits per heavy atom. The van der Waals surface area contributed by atoms with Gasteiger partial charge in [-0.25, -0.2) is 27.9 Å². The standard InChI is InChI=1S/C15H12ClFN4O2S/c16-14-11-5-7-21(15(11)20-9-19-14)6-1-2-10-3-4-12(17)13(8-10)24(18,22)23/h1-5,7-9H,6H2,(H2,18,22,23)/b2-1+. The summed E-state index contributed by atoms with van der Waals surface area (Å²) in [6, 6.07) is 5.53. The fourth-order valence-electron chi connectivity index (χ4n) is 2.26. The van der Waals surface area contributed by atoms with Crippen LogP contribution in [0.1, 0.15) is 5.56 Å². The average molecular weight is 367 g/mol. The predicted molar refractivity (Wildman–Crippen MR) is 89.3 cm³/mol. The lowest BCUT2D eigenvalue weighted by atomic mass is 10.2. The third-order valence-electron chi connectivity index (χ3n) is 3.38. The van der Waals surface area contributed by atoms with Crippen molar-refractivity contribution >= 4 is 38.7 Å². The molecule has 0 aliphatic heterocycles. The van der Waals surface area contributed by atoms with Crippen LogP contribution in [-0.4, -0.2) is 23.0 Å². The molecule has 2 heterocycles. The molecule has 9 heteroatoms. The summed E-state index contributed by atoms with van der Waals surface area (Å²) in [7, 11) is -4.10. The summed E-state index contributed by atoms with van der Waals surface area (Å²) in [5.41, 5.74) is 1.20. The molecule has 3 aromatic rings. The van der Waals surface area contributed by atoms with Crippen molar-refractivity contribution in [3.05, 3.63) is 59.4 Å². The summed E-state index contributed by atoms with van der Waals surface area (Å²) in [4.78, 5) is 7.55. The lowest BCUT2D eigenvalue weighted by Crippen LogP contribution is -2.14. The van der Waals surface area contributed by atoms with Crippen LogP contribution in [0.5, 0.6) is 0 Å². The van der Waals surface area contributed by atoms with Crippen LogP contribution in [0.25, 0.3) is 17.1 Å². The van der Waals surface area contributed by atoms with E-state index in [1.54, 1.807) is 12.2 Å². The molecule has 124 valence electrons. The highest BCUT2D eigenvalue weighted by Crippen LogP contribution is 2.20. The smallest absolute Gasteiger partial charge is 0.240 e. The van der Waals surface area contributed by atoms with Gasteiger partial charge in [-0.3, -0.25) is 0 Å². The molecule has 24 heavy (non-hydrogen) atoms. The summed E-state index contributed by atoms with van der Waals surface area (Å²) in [6.45, 7) is 0.471. The molecule has 0 fully saturated rings. The second-order valence-corrected chi connectivity index (χ2v) is 6.89. The number of aromatic nitrogens is 3. The number of hydrogen-bond donors (Lipinski definition) is 1. The largest absolute Gasteiger partial charge is 0.329 e. The van der Waals surface area contributed by atoms with Crippen LogP contribution in [0.2, 0.25) is 5.15 Å². The first kappa shape index (κ1) is 16.6. The van der Waals surface area contributed by atoms with Gasteiger partial charge in [0.15, 0.2) is 0 Å². The van der Waals surface area contributed by atoms with Gasteiger partial charge in [-0.05, 0) is 23.8 Å². The molecule has 3 rings (SSSR count). The number of halogens is 2. The van der Waals surface area contributed by atoms with Crippen molar-refractivity contribution in [3.8, 4) is 0 Å². The van der Waals surface area contributed by atoms with Gasteiger partial charge in [-0.15, -0.1) is 0 Å². The molecule has 0 saturated carbocycles. The second kappa shape index (κ2) is 6.31. The fourth-order valence-corrected chi connectivity index (χ4v) is 3.10. The highest BCUT2D eigenvalue weighted by atomic mass is 35.5. The van der Waals surface area contributed by atoms with Crippen LogP contribution >= 0.6 is 11.6 Å². The van der Waals surface area contributed by atoms with E-state index in [4.69, 9.17) is 16.7 Å². The molecule has 2 N–H and O–H groups in total. The van der Waals surface area contributed by atoms with Gasteiger partial charge >= 0.3 is 0 Å². The number of hydrogen-bond acceptors (Lipinski definition) is 4. The summed E-state index contributed by atoms with van der Waals surface area (Å²) in [5, 5.41) is 6.10. The maximum atomic E-state index is 13.5. The Labute approximate surface area is 142 Å². The van der Waals surface area contributed by atoms with Crippen molar-refractivity contribution in [2.45, 2.75) is 11.4 Å². The van der Waals surface area contributed by atoms with E-state index < -0.39 is 20.7 Å². The van der Waals surface area contributed by atoms with Crippen molar-refractivity contribution < 1.29 is 12.8 Å². The third-order valence-corrected chi connectivity index (χ3v) is 4.61. The number of primary sulfonamides is 1. The third kappa shape index (κ3) is 3.30. The first-order valence-electron chi connectivity index (χ1n) is 6.80. The van der Waals surface area contributed by atoms with E-state index in [0.29, 0.717) is 22.9 Å². The molecule has 1 aromatic carbocycles. The zero-order valence-electron chi connectivity index (χ0n) is 12.2. The van der Waals surface area contributed by atoms with Gasteiger partial charge in [0.1, 0.15) is 27.8 Å². The highest BCUT2D eigenvalue weighted by Gasteiger charge is 2.14. The molecule has 0 bridgehead atoms. The zero-order chi connectivity index (χ0) is 17.3. The zero-order valence-corrected chi connectivity index (χ0v) is 13.8. The molecule has 0 saturated heterocycles. The highest BCUT2D eigenvalue weighted by molar-refractivity contribution is 7.89. The topological polar surface area (TPSA) is 90.9 Å². The number of rotatable bonds is 4. The maximum absolute atomic E-state index is 13.5. The van der Waals surface area contributed by atoms with E-state index in [1.165, 1.54) is 18.5 Å². The molecule has 6 nitrogen and oxygen atoms in total. The maximum Gasteiger partial charge on any atom is 0.240 e. The minimum absolute atomic E-state index is 0.374. The molecular weight excluding hydrogens is 355 g/mol. The number of allylic oxidation sites excluding steroid dienone is 1. The first-order valence-corrected chi connectivity index (χ1v) is 8.73. The minimum Gasteiger partial charge on any atom is -0.329 e. The SMILES string of the molecule is NS(=O)(=O)c1cc(/C=C/Cn2ccc3c(Cl)ncnc32)ccc1F. The van der Waals surface area contributed by atoms with Gasteiger partial charge in [0.05, 0.1) is 5.39 Å². The Morgan fingerprint density at radius 3 is 2.83 bits per heavy atom. The van der Waals surface area contributed by atoms with E-state index >= 15 is 0 Å². The first-order chi connectivity index (χ1) is 11.4. The summed E-state index contributed by atoms with van der Waals surface area (Å²) in [6.07, 6.45) is 6.65. The Kier molecular flexibility index (Phi) is 4.35. The van der Waals surface area contributed by atoms with E-state index in [9.17, 15) is 12.8 Å². The van der Waals surface area contributed by atoms with E-state index in [1.807, 2.05) is 16.8 Å². The Bertz CT molecular complexity index is 1050. The Hall–Kier alpha value is -2.29. The van der Waals surface area contributed by atoms with Gasteiger partial charge in [0.2, 0.25) is 10.0 Å². The molecular formula is C15H12ClFN4O2S. The van der Waals surface area contributed by atoms with Crippen molar-refractivity contribution in [2.24, 2.45) is 5.14 Å². The van der Waals surface area contributed by atoms with Crippen LogP contribution in [0.4, 0.5) is 4.39 Å². The average Bonchev–Trinajstić information content (AvgIpc) is 2.93. The van der Waals surface area contributed by atoms with Crippen molar-refractivity contribution in [3.63, 3.8) is 0 Å². The second-order valence-electron chi connectivity index (χ2n) is 5.01. The quantitative estimate of drug-likeness (QED) is 0.718. The Balaban J connectivity index is 1.85.